The van der Waals surface area contributed by atoms with Gasteiger partial charge in [-0.05, 0) is 96.3 Å². The summed E-state index contributed by atoms with van der Waals surface area (Å²) in [5, 5.41) is 0. The Labute approximate surface area is 391 Å². The minimum Gasteiger partial charge on any atom is -0.462 e. The molecule has 0 spiro atoms. The van der Waals surface area contributed by atoms with E-state index in [1.807, 2.05) is 21.1 Å². The smallest absolute Gasteiger partial charge is 0.462 e. The van der Waals surface area contributed by atoms with E-state index < -0.39 is 32.5 Å². The number of unbranched alkanes of at least 4 members (excludes halogenated alkanes) is 11. The summed E-state index contributed by atoms with van der Waals surface area (Å²) < 4.78 is 34.4. The second-order valence-corrected chi connectivity index (χ2v) is 18.5. The summed E-state index contributed by atoms with van der Waals surface area (Å²) in [6.07, 6.45) is 61.4. The lowest BCUT2D eigenvalue weighted by molar-refractivity contribution is -0.870. The van der Waals surface area contributed by atoms with E-state index in [2.05, 4.69) is 123 Å². The molecule has 2 atom stereocenters. The maximum absolute atomic E-state index is 12.7. The topological polar surface area (TPSA) is 108 Å². The number of carbonyl (C=O) groups is 2. The molecule has 10 heteroatoms. The third-order valence-electron chi connectivity index (χ3n) is 9.80. The first-order valence-corrected chi connectivity index (χ1v) is 26.1. The van der Waals surface area contributed by atoms with Crippen molar-refractivity contribution in [2.75, 3.05) is 47.5 Å². The predicted molar refractivity (Wildman–Crippen MR) is 270 cm³/mol. The van der Waals surface area contributed by atoms with Gasteiger partial charge < -0.3 is 18.9 Å². The van der Waals surface area contributed by atoms with Gasteiger partial charge in [0.05, 0.1) is 27.7 Å². The number of likely N-dealkylation sites (N-methyl/N-ethyl adjacent to an activating group) is 1. The third kappa shape index (κ3) is 48.1. The van der Waals surface area contributed by atoms with Gasteiger partial charge >= 0.3 is 19.8 Å². The number of hydrogen-bond donors (Lipinski definition) is 1. The maximum atomic E-state index is 12.7. The van der Waals surface area contributed by atoms with E-state index in [0.717, 1.165) is 109 Å². The van der Waals surface area contributed by atoms with Crippen molar-refractivity contribution in [1.29, 1.82) is 0 Å². The molecule has 0 fully saturated rings. The van der Waals surface area contributed by atoms with Crippen LogP contribution in [0.3, 0.4) is 0 Å². The summed E-state index contributed by atoms with van der Waals surface area (Å²) >= 11 is 0. The molecule has 0 aromatic heterocycles. The van der Waals surface area contributed by atoms with E-state index in [1.165, 1.54) is 25.7 Å². The van der Waals surface area contributed by atoms with Gasteiger partial charge in [0.1, 0.15) is 19.8 Å². The van der Waals surface area contributed by atoms with E-state index in [-0.39, 0.29) is 26.1 Å². The first-order chi connectivity index (χ1) is 31.0. The van der Waals surface area contributed by atoms with E-state index in [1.54, 1.807) is 0 Å². The normalized spacial score (nSPS) is 14.4. The zero-order valence-corrected chi connectivity index (χ0v) is 41.9. The van der Waals surface area contributed by atoms with Crippen molar-refractivity contribution in [2.45, 2.75) is 174 Å². The van der Waals surface area contributed by atoms with Crippen molar-refractivity contribution in [3.8, 4) is 0 Å². The Hall–Kier alpha value is -3.33. The van der Waals surface area contributed by atoms with Crippen LogP contribution in [0.4, 0.5) is 0 Å². The SMILES string of the molecule is CC/C=C\C/C=C\C/C=C\C/C=C\C/C=C\CCCCCC(=O)OC(COC(=O)CCCCCCCCCC/C=C\C/C=C\C/C=C\C/C=C\CC)COP(=O)(O)OCC[N+](C)(C)C. The van der Waals surface area contributed by atoms with Gasteiger partial charge in [-0.3, -0.25) is 18.6 Å². The first kappa shape index (κ1) is 60.7. The highest BCUT2D eigenvalue weighted by molar-refractivity contribution is 7.47. The predicted octanol–water partition coefficient (Wildman–Crippen LogP) is 14.7. The van der Waals surface area contributed by atoms with E-state index in [4.69, 9.17) is 18.5 Å². The van der Waals surface area contributed by atoms with Crippen molar-refractivity contribution in [1.82, 2.24) is 0 Å². The monoisotopic (exact) mass is 913 g/mol. The molecule has 0 heterocycles. The molecule has 9 nitrogen and oxygen atoms in total. The van der Waals surface area contributed by atoms with Crippen LogP contribution in [0.1, 0.15) is 168 Å². The number of rotatable bonds is 43. The van der Waals surface area contributed by atoms with Crippen LogP contribution >= 0.6 is 7.82 Å². The van der Waals surface area contributed by atoms with Crippen LogP contribution in [0.15, 0.2) is 109 Å². The Kier molecular flexibility index (Phi) is 42.5. The summed E-state index contributed by atoms with van der Waals surface area (Å²) in [7, 11) is 1.43. The first-order valence-electron chi connectivity index (χ1n) is 24.6. The molecule has 64 heavy (non-hydrogen) atoms. The van der Waals surface area contributed by atoms with Crippen LogP contribution in [0.25, 0.3) is 0 Å². The van der Waals surface area contributed by atoms with Gasteiger partial charge in [-0.15, -0.1) is 0 Å². The molecular weight excluding hydrogens is 822 g/mol. The molecule has 0 saturated heterocycles. The number of carbonyl (C=O) groups excluding carboxylic acids is 2. The van der Waals surface area contributed by atoms with Crippen LogP contribution in [0.5, 0.6) is 0 Å². The van der Waals surface area contributed by atoms with E-state index in [9.17, 15) is 19.0 Å². The molecule has 0 bridgehead atoms. The van der Waals surface area contributed by atoms with Gasteiger partial charge in [-0.2, -0.15) is 0 Å². The van der Waals surface area contributed by atoms with Gasteiger partial charge in [-0.1, -0.05) is 168 Å². The Morgan fingerprint density at radius 2 is 0.844 bits per heavy atom. The number of nitrogens with zero attached hydrogens (tertiary/aromatic N) is 1. The van der Waals surface area contributed by atoms with Crippen molar-refractivity contribution in [3.63, 3.8) is 0 Å². The summed E-state index contributed by atoms with van der Waals surface area (Å²) in [6, 6.07) is 0. The molecular formula is C54H91NO8P+. The zero-order valence-electron chi connectivity index (χ0n) is 41.0. The maximum Gasteiger partial charge on any atom is 0.472 e. The average molecular weight is 913 g/mol. The van der Waals surface area contributed by atoms with Crippen molar-refractivity contribution < 1.29 is 42.1 Å². The highest BCUT2D eigenvalue weighted by Gasteiger charge is 2.27. The lowest BCUT2D eigenvalue weighted by Crippen LogP contribution is -2.37. The second-order valence-electron chi connectivity index (χ2n) is 17.1. The Morgan fingerprint density at radius 1 is 0.484 bits per heavy atom. The number of phosphoric acid groups is 1. The molecule has 0 saturated carbocycles. The molecule has 0 aliphatic carbocycles. The molecule has 1 N–H and O–H groups in total. The standard InChI is InChI=1S/C54H90NO8P/c1-6-8-10-12-14-16-18-20-22-24-26-27-29-30-32-34-36-38-40-42-44-46-53(56)60-50-52(51-62-64(58,59)61-49-48-55(3,4)5)63-54(57)47-45-43-41-39-37-35-33-31-28-25-23-21-19-17-15-13-11-9-7-2/h8-11,14-17,20-23,26-28,31,35,37,52H,6-7,12-13,18-19,24-25,29-30,32-34,36,38-51H2,1-5H3/p+1/b10-8-,11-9-,16-14-,17-15-,22-20-,23-21-,27-26-,31-28-,37-35-. The summed E-state index contributed by atoms with van der Waals surface area (Å²) in [4.78, 5) is 35.5. The summed E-state index contributed by atoms with van der Waals surface area (Å²) in [6.45, 7) is 4.13. The Balaban J connectivity index is 4.38. The van der Waals surface area contributed by atoms with Crippen molar-refractivity contribution in [2.24, 2.45) is 0 Å². The fraction of sp³-hybridized carbons (Fsp3) is 0.630. The molecule has 0 amide bonds. The Morgan fingerprint density at radius 3 is 1.27 bits per heavy atom. The fourth-order valence-corrected chi connectivity index (χ4v) is 6.77. The molecule has 0 radical (unpaired) electrons. The van der Waals surface area contributed by atoms with E-state index >= 15 is 0 Å². The quantitative estimate of drug-likeness (QED) is 0.0212. The minimum atomic E-state index is -4.40. The van der Waals surface area contributed by atoms with Gasteiger partial charge in [0.2, 0.25) is 0 Å². The molecule has 0 aliphatic heterocycles. The van der Waals surface area contributed by atoms with Gasteiger partial charge in [-0.25, -0.2) is 4.57 Å². The van der Waals surface area contributed by atoms with Gasteiger partial charge in [0, 0.05) is 12.8 Å². The van der Waals surface area contributed by atoms with Crippen LogP contribution in [0, 0.1) is 0 Å². The highest BCUT2D eigenvalue weighted by Crippen LogP contribution is 2.43. The Bertz CT molecular complexity index is 1450. The molecule has 364 valence electrons. The van der Waals surface area contributed by atoms with Crippen molar-refractivity contribution in [3.05, 3.63) is 109 Å². The molecule has 0 aromatic carbocycles. The number of quaternary nitrogens is 1. The van der Waals surface area contributed by atoms with Crippen molar-refractivity contribution >= 4 is 19.8 Å². The fourth-order valence-electron chi connectivity index (χ4n) is 6.03. The summed E-state index contributed by atoms with van der Waals surface area (Å²) in [5.74, 6) is -0.855. The summed E-state index contributed by atoms with van der Waals surface area (Å²) in [5.41, 5.74) is 0. The lowest BCUT2D eigenvalue weighted by Gasteiger charge is -2.24. The highest BCUT2D eigenvalue weighted by atomic mass is 31.2. The molecule has 0 aliphatic rings. The van der Waals surface area contributed by atoms with E-state index in [0.29, 0.717) is 17.4 Å². The molecule has 0 rings (SSSR count). The lowest BCUT2D eigenvalue weighted by atomic mass is 10.1. The van der Waals surface area contributed by atoms with Gasteiger partial charge in [0.15, 0.2) is 6.10 Å². The van der Waals surface area contributed by atoms with Crippen LogP contribution in [-0.4, -0.2) is 74.9 Å². The number of ether oxygens (including phenoxy) is 2. The molecule has 0 aromatic rings. The van der Waals surface area contributed by atoms with Crippen LogP contribution in [0.2, 0.25) is 0 Å². The van der Waals surface area contributed by atoms with Gasteiger partial charge in [0.25, 0.3) is 0 Å². The number of phosphoric ester groups is 1. The number of hydrogen-bond acceptors (Lipinski definition) is 7. The van der Waals surface area contributed by atoms with Crippen LogP contribution in [-0.2, 0) is 32.7 Å². The minimum absolute atomic E-state index is 0.0169. The third-order valence-corrected chi connectivity index (χ3v) is 10.8. The average Bonchev–Trinajstić information content (AvgIpc) is 3.25. The second kappa shape index (κ2) is 44.9. The van der Waals surface area contributed by atoms with Crippen LogP contribution < -0.4 is 0 Å². The molecule has 2 unspecified atom stereocenters. The largest absolute Gasteiger partial charge is 0.472 e. The zero-order chi connectivity index (χ0) is 47.1. The number of allylic oxidation sites excluding steroid dienone is 18. The number of esters is 2.